The maximum absolute atomic E-state index is 12.4. The summed E-state index contributed by atoms with van der Waals surface area (Å²) in [5.41, 5.74) is 5.99. The molecule has 1 fully saturated rings. The number of hydrogen-bond acceptors (Lipinski definition) is 4. The zero-order valence-electron chi connectivity index (χ0n) is 9.99. The quantitative estimate of drug-likeness (QED) is 0.674. The van der Waals surface area contributed by atoms with Crippen LogP contribution in [0.2, 0.25) is 0 Å². The maximum Gasteiger partial charge on any atom is 0.256 e. The van der Waals surface area contributed by atoms with E-state index in [0.29, 0.717) is 5.56 Å². The third-order valence-corrected chi connectivity index (χ3v) is 3.61. The number of Topliss-reactive ketones (excluding diaryl/α,β-unsaturated/α-hetero) is 1. The summed E-state index contributed by atoms with van der Waals surface area (Å²) in [5, 5.41) is -0.722. The van der Waals surface area contributed by atoms with Crippen molar-refractivity contribution in [1.29, 1.82) is 0 Å². The van der Waals surface area contributed by atoms with Gasteiger partial charge in [-0.2, -0.15) is 0 Å². The molecule has 1 aliphatic carbocycles. The van der Waals surface area contributed by atoms with Gasteiger partial charge in [-0.3, -0.25) is 9.59 Å². The minimum atomic E-state index is -0.722. The molecule has 0 unspecified atom stereocenters. The lowest BCUT2D eigenvalue weighted by molar-refractivity contribution is 0.0884. The monoisotopic (exact) mass is 266 g/mol. The molecule has 5 heteroatoms. The number of aromatic nitrogens is 1. The van der Waals surface area contributed by atoms with Gasteiger partial charge in [0, 0.05) is 17.7 Å². The highest BCUT2D eigenvalue weighted by molar-refractivity contribution is 6.68. The van der Waals surface area contributed by atoms with Crippen molar-refractivity contribution in [2.75, 3.05) is 5.73 Å². The average molecular weight is 267 g/mol. The van der Waals surface area contributed by atoms with E-state index in [1.54, 1.807) is 0 Å². The van der Waals surface area contributed by atoms with Crippen LogP contribution in [0.25, 0.3) is 0 Å². The highest BCUT2D eigenvalue weighted by Crippen LogP contribution is 2.29. The number of nitrogens with zero attached hydrogens (tertiary/aromatic N) is 1. The molecule has 0 saturated heterocycles. The molecule has 1 saturated carbocycles. The summed E-state index contributed by atoms with van der Waals surface area (Å²) in [4.78, 5) is 27.6. The van der Waals surface area contributed by atoms with Crippen LogP contribution in [0.4, 0.5) is 5.82 Å². The largest absolute Gasteiger partial charge is 0.383 e. The molecule has 1 heterocycles. The summed E-state index contributed by atoms with van der Waals surface area (Å²) in [5.74, 6) is -0.0280. The minimum absolute atomic E-state index is 0.0182. The molecular weight excluding hydrogens is 252 g/mol. The lowest BCUT2D eigenvalue weighted by Crippen LogP contribution is -2.20. The van der Waals surface area contributed by atoms with Crippen molar-refractivity contribution in [1.82, 2.24) is 4.98 Å². The summed E-state index contributed by atoms with van der Waals surface area (Å²) in [6.45, 7) is 0. The molecule has 0 bridgehead atoms. The van der Waals surface area contributed by atoms with E-state index in [1.807, 2.05) is 0 Å². The predicted octanol–water partition coefficient (Wildman–Crippen LogP) is 2.81. The number of halogens is 1. The first kappa shape index (κ1) is 13.0. The second-order valence-corrected chi connectivity index (χ2v) is 4.93. The Bertz CT molecular complexity index is 482. The zero-order chi connectivity index (χ0) is 13.1. The van der Waals surface area contributed by atoms with Gasteiger partial charge in [0.15, 0.2) is 5.78 Å². The van der Waals surface area contributed by atoms with Gasteiger partial charge in [-0.15, -0.1) is 0 Å². The Morgan fingerprint density at radius 2 is 1.94 bits per heavy atom. The Morgan fingerprint density at radius 1 is 1.28 bits per heavy atom. The Kier molecular flexibility index (Phi) is 3.97. The molecule has 0 radical (unpaired) electrons. The van der Waals surface area contributed by atoms with Gasteiger partial charge in [0.25, 0.3) is 5.24 Å². The summed E-state index contributed by atoms with van der Waals surface area (Å²) < 4.78 is 0. The number of rotatable bonds is 3. The number of ketones is 1. The highest BCUT2D eigenvalue weighted by atomic mass is 35.5. The molecule has 0 aromatic carbocycles. The number of hydrogen-bond donors (Lipinski definition) is 1. The summed E-state index contributed by atoms with van der Waals surface area (Å²) in [6.07, 6.45) is 6.47. The van der Waals surface area contributed by atoms with Gasteiger partial charge in [0.1, 0.15) is 5.82 Å². The summed E-state index contributed by atoms with van der Waals surface area (Å²) in [6, 6.07) is 1.53. The summed E-state index contributed by atoms with van der Waals surface area (Å²) in [7, 11) is 0. The molecule has 1 aromatic heterocycles. The first-order valence-corrected chi connectivity index (χ1v) is 6.47. The Hall–Kier alpha value is -1.42. The van der Waals surface area contributed by atoms with Crippen LogP contribution >= 0.6 is 11.6 Å². The van der Waals surface area contributed by atoms with Gasteiger partial charge in [0.2, 0.25) is 0 Å². The topological polar surface area (TPSA) is 73.0 Å². The molecule has 2 N–H and O–H groups in total. The van der Waals surface area contributed by atoms with Crippen molar-refractivity contribution in [2.24, 2.45) is 5.92 Å². The van der Waals surface area contributed by atoms with E-state index in [0.717, 1.165) is 25.7 Å². The standard InChI is InChI=1S/C13H15ClN2O2/c14-12(18)10-9(6-7-16-13(10)15)11(17)8-4-2-1-3-5-8/h6-8H,1-5H2,(H2,15,16). The van der Waals surface area contributed by atoms with Gasteiger partial charge in [-0.05, 0) is 30.5 Å². The van der Waals surface area contributed by atoms with E-state index >= 15 is 0 Å². The van der Waals surface area contributed by atoms with Gasteiger partial charge < -0.3 is 5.73 Å². The predicted molar refractivity (Wildman–Crippen MR) is 69.7 cm³/mol. The third-order valence-electron chi connectivity index (χ3n) is 3.42. The first-order chi connectivity index (χ1) is 8.61. The van der Waals surface area contributed by atoms with Crippen LogP contribution < -0.4 is 5.73 Å². The van der Waals surface area contributed by atoms with E-state index in [-0.39, 0.29) is 23.1 Å². The SMILES string of the molecule is Nc1nccc(C(=O)C2CCCCC2)c1C(=O)Cl. The molecular formula is C13H15ClN2O2. The molecule has 18 heavy (non-hydrogen) atoms. The van der Waals surface area contributed by atoms with Crippen LogP contribution in [0, 0.1) is 5.92 Å². The molecule has 4 nitrogen and oxygen atoms in total. The molecule has 2 rings (SSSR count). The average Bonchev–Trinajstić information content (AvgIpc) is 2.38. The lowest BCUT2D eigenvalue weighted by Gasteiger charge is -2.21. The van der Waals surface area contributed by atoms with Crippen molar-refractivity contribution in [3.05, 3.63) is 23.4 Å². The molecule has 0 atom stereocenters. The van der Waals surface area contributed by atoms with Crippen LogP contribution in [0.3, 0.4) is 0 Å². The van der Waals surface area contributed by atoms with Gasteiger partial charge >= 0.3 is 0 Å². The first-order valence-electron chi connectivity index (χ1n) is 6.09. The minimum Gasteiger partial charge on any atom is -0.383 e. The van der Waals surface area contributed by atoms with Gasteiger partial charge in [0.05, 0.1) is 5.56 Å². The molecule has 1 aliphatic rings. The Balaban J connectivity index is 2.35. The van der Waals surface area contributed by atoms with Crippen molar-refractivity contribution < 1.29 is 9.59 Å². The van der Waals surface area contributed by atoms with E-state index in [9.17, 15) is 9.59 Å². The highest BCUT2D eigenvalue weighted by Gasteiger charge is 2.27. The van der Waals surface area contributed by atoms with Crippen LogP contribution in [-0.2, 0) is 0 Å². The fourth-order valence-electron chi connectivity index (χ4n) is 2.47. The third kappa shape index (κ3) is 2.53. The van der Waals surface area contributed by atoms with Crippen LogP contribution in [0.1, 0.15) is 52.8 Å². The lowest BCUT2D eigenvalue weighted by atomic mass is 9.83. The molecule has 96 valence electrons. The Morgan fingerprint density at radius 3 is 2.56 bits per heavy atom. The molecule has 0 aliphatic heterocycles. The van der Waals surface area contributed by atoms with E-state index < -0.39 is 5.24 Å². The zero-order valence-corrected chi connectivity index (χ0v) is 10.7. The molecule has 1 aromatic rings. The smallest absolute Gasteiger partial charge is 0.256 e. The normalized spacial score (nSPS) is 16.5. The maximum atomic E-state index is 12.4. The number of pyridine rings is 1. The molecule has 0 amide bonds. The van der Waals surface area contributed by atoms with Crippen LogP contribution in [-0.4, -0.2) is 16.0 Å². The van der Waals surface area contributed by atoms with E-state index in [1.165, 1.54) is 18.7 Å². The van der Waals surface area contributed by atoms with Crippen molar-refractivity contribution in [3.63, 3.8) is 0 Å². The number of anilines is 1. The fraction of sp³-hybridized carbons (Fsp3) is 0.462. The van der Waals surface area contributed by atoms with Gasteiger partial charge in [-0.25, -0.2) is 4.98 Å². The number of nitrogen functional groups attached to an aromatic ring is 1. The van der Waals surface area contributed by atoms with Crippen molar-refractivity contribution in [3.8, 4) is 0 Å². The number of nitrogens with two attached hydrogens (primary N) is 1. The van der Waals surface area contributed by atoms with Gasteiger partial charge in [-0.1, -0.05) is 19.3 Å². The van der Waals surface area contributed by atoms with Crippen molar-refractivity contribution in [2.45, 2.75) is 32.1 Å². The Labute approximate surface area is 111 Å². The van der Waals surface area contributed by atoms with E-state index in [4.69, 9.17) is 17.3 Å². The number of carbonyl (C=O) groups excluding carboxylic acids is 2. The number of carbonyl (C=O) groups is 2. The van der Waals surface area contributed by atoms with Crippen molar-refractivity contribution >= 4 is 28.4 Å². The van der Waals surface area contributed by atoms with Crippen LogP contribution in [0.15, 0.2) is 12.3 Å². The molecule has 0 spiro atoms. The second-order valence-electron chi connectivity index (χ2n) is 4.59. The van der Waals surface area contributed by atoms with E-state index in [2.05, 4.69) is 4.98 Å². The second kappa shape index (κ2) is 5.48. The van der Waals surface area contributed by atoms with Crippen LogP contribution in [0.5, 0.6) is 0 Å². The fourth-order valence-corrected chi connectivity index (χ4v) is 2.67. The summed E-state index contributed by atoms with van der Waals surface area (Å²) >= 11 is 5.49.